The van der Waals surface area contributed by atoms with Crippen LogP contribution in [0.4, 0.5) is 0 Å². The van der Waals surface area contributed by atoms with E-state index in [4.69, 9.17) is 0 Å². The van der Waals surface area contributed by atoms with Crippen LogP contribution in [0.3, 0.4) is 0 Å². The van der Waals surface area contributed by atoms with Crippen LogP contribution in [0, 0.1) is 6.92 Å². The zero-order valence-electron chi connectivity index (χ0n) is 14.8. The molecule has 4 aromatic rings. The molecule has 26 heavy (non-hydrogen) atoms. The second-order valence-corrected chi connectivity index (χ2v) is 6.66. The summed E-state index contributed by atoms with van der Waals surface area (Å²) >= 11 is 0. The van der Waals surface area contributed by atoms with Gasteiger partial charge in [-0.2, -0.15) is 0 Å². The predicted octanol–water partition coefficient (Wildman–Crippen LogP) is 5.97. The van der Waals surface area contributed by atoms with E-state index < -0.39 is 0 Å². The largest absolute Gasteiger partial charge is 0.289 e. The number of aryl methyl sites for hydroxylation is 1. The molecular formula is C25H20O. The molecule has 0 amide bonds. The van der Waals surface area contributed by atoms with Crippen LogP contribution in [0.25, 0.3) is 10.8 Å². The van der Waals surface area contributed by atoms with Crippen molar-refractivity contribution >= 4 is 16.6 Å². The van der Waals surface area contributed by atoms with Crippen LogP contribution in [0.1, 0.15) is 32.6 Å². The Morgan fingerprint density at radius 2 is 1.35 bits per heavy atom. The molecule has 0 radical (unpaired) electrons. The van der Waals surface area contributed by atoms with Crippen molar-refractivity contribution in [1.29, 1.82) is 0 Å². The van der Waals surface area contributed by atoms with Gasteiger partial charge in [-0.05, 0) is 40.8 Å². The van der Waals surface area contributed by atoms with Gasteiger partial charge in [-0.1, -0.05) is 91.0 Å². The highest BCUT2D eigenvalue weighted by Gasteiger charge is 2.15. The lowest BCUT2D eigenvalue weighted by atomic mass is 9.92. The number of ketones is 1. The smallest absolute Gasteiger partial charge is 0.193 e. The van der Waals surface area contributed by atoms with Gasteiger partial charge in [-0.3, -0.25) is 4.79 Å². The predicted molar refractivity (Wildman–Crippen MR) is 108 cm³/mol. The number of hydrogen-bond donors (Lipinski definition) is 0. The minimum absolute atomic E-state index is 0.0967. The summed E-state index contributed by atoms with van der Waals surface area (Å²) < 4.78 is 0. The Kier molecular flexibility index (Phi) is 4.37. The summed E-state index contributed by atoms with van der Waals surface area (Å²) in [5.41, 5.74) is 4.86. The zero-order chi connectivity index (χ0) is 17.9. The first-order chi connectivity index (χ1) is 12.7. The quantitative estimate of drug-likeness (QED) is 0.420. The highest BCUT2D eigenvalue weighted by atomic mass is 16.1. The molecule has 0 spiro atoms. The fourth-order valence-electron chi connectivity index (χ4n) is 3.44. The maximum absolute atomic E-state index is 13.1. The van der Waals surface area contributed by atoms with Gasteiger partial charge >= 0.3 is 0 Å². The summed E-state index contributed by atoms with van der Waals surface area (Å²) in [5.74, 6) is 0.0967. The Bertz CT molecular complexity index is 1090. The van der Waals surface area contributed by atoms with Gasteiger partial charge in [0.1, 0.15) is 0 Å². The lowest BCUT2D eigenvalue weighted by Gasteiger charge is -2.11. The molecule has 0 unspecified atom stereocenters. The summed E-state index contributed by atoms with van der Waals surface area (Å²) in [7, 11) is 0. The molecule has 0 N–H and O–H groups in total. The van der Waals surface area contributed by atoms with E-state index in [1.807, 2.05) is 49.4 Å². The molecule has 0 atom stereocenters. The summed E-state index contributed by atoms with van der Waals surface area (Å²) in [6.45, 7) is 1.99. The van der Waals surface area contributed by atoms with Crippen molar-refractivity contribution in [2.75, 3.05) is 0 Å². The second kappa shape index (κ2) is 6.97. The standard InChI is InChI=1S/C25H20O/c1-18-8-2-6-12-23(18)25(26)24-13-7-5-11-22(24)17-19-14-15-20-9-3-4-10-21(20)16-19/h2-16H,17H2,1H3. The number of fused-ring (bicyclic) bond motifs is 1. The van der Waals surface area contributed by atoms with E-state index in [9.17, 15) is 4.79 Å². The lowest BCUT2D eigenvalue weighted by molar-refractivity contribution is 0.103. The van der Waals surface area contributed by atoms with Crippen molar-refractivity contribution in [1.82, 2.24) is 0 Å². The number of carbonyl (C=O) groups is 1. The van der Waals surface area contributed by atoms with Crippen LogP contribution in [0.15, 0.2) is 91.0 Å². The Hall–Kier alpha value is -3.19. The number of carbonyl (C=O) groups excluding carboxylic acids is 1. The maximum Gasteiger partial charge on any atom is 0.193 e. The van der Waals surface area contributed by atoms with E-state index in [0.29, 0.717) is 0 Å². The van der Waals surface area contributed by atoms with Crippen molar-refractivity contribution in [3.8, 4) is 0 Å². The summed E-state index contributed by atoms with van der Waals surface area (Å²) in [6.07, 6.45) is 0.749. The number of rotatable bonds is 4. The van der Waals surface area contributed by atoms with Crippen LogP contribution in [-0.4, -0.2) is 5.78 Å². The molecular weight excluding hydrogens is 316 g/mol. The third kappa shape index (κ3) is 3.16. The van der Waals surface area contributed by atoms with Crippen molar-refractivity contribution in [3.63, 3.8) is 0 Å². The molecule has 0 saturated carbocycles. The summed E-state index contributed by atoms with van der Waals surface area (Å²) in [4.78, 5) is 13.1. The summed E-state index contributed by atoms with van der Waals surface area (Å²) in [6, 6.07) is 30.6. The molecule has 1 nitrogen and oxygen atoms in total. The normalized spacial score (nSPS) is 10.8. The molecule has 4 rings (SSSR count). The second-order valence-electron chi connectivity index (χ2n) is 6.66. The van der Waals surface area contributed by atoms with Gasteiger partial charge in [-0.15, -0.1) is 0 Å². The van der Waals surface area contributed by atoms with Crippen LogP contribution in [0.2, 0.25) is 0 Å². The van der Waals surface area contributed by atoms with Crippen LogP contribution >= 0.6 is 0 Å². The molecule has 4 aromatic carbocycles. The van der Waals surface area contributed by atoms with Gasteiger partial charge in [0.2, 0.25) is 0 Å². The van der Waals surface area contributed by atoms with Gasteiger partial charge in [0.05, 0.1) is 0 Å². The molecule has 0 aliphatic rings. The fraction of sp³-hybridized carbons (Fsp3) is 0.0800. The van der Waals surface area contributed by atoms with E-state index in [2.05, 4.69) is 48.5 Å². The summed E-state index contributed by atoms with van der Waals surface area (Å²) in [5, 5.41) is 2.47. The average molecular weight is 336 g/mol. The molecule has 0 aliphatic carbocycles. The molecule has 0 bridgehead atoms. The van der Waals surface area contributed by atoms with Gasteiger partial charge in [-0.25, -0.2) is 0 Å². The highest BCUT2D eigenvalue weighted by Crippen LogP contribution is 2.22. The minimum atomic E-state index is 0.0967. The van der Waals surface area contributed by atoms with Gasteiger partial charge < -0.3 is 0 Å². The number of benzene rings is 4. The monoisotopic (exact) mass is 336 g/mol. The van der Waals surface area contributed by atoms with E-state index >= 15 is 0 Å². The molecule has 0 heterocycles. The van der Waals surface area contributed by atoms with Crippen LogP contribution in [-0.2, 0) is 6.42 Å². The fourth-order valence-corrected chi connectivity index (χ4v) is 3.44. The third-order valence-corrected chi connectivity index (χ3v) is 4.86. The first-order valence-corrected chi connectivity index (χ1v) is 8.88. The number of hydrogen-bond acceptors (Lipinski definition) is 1. The van der Waals surface area contributed by atoms with Crippen molar-refractivity contribution in [2.24, 2.45) is 0 Å². The topological polar surface area (TPSA) is 17.1 Å². The van der Waals surface area contributed by atoms with Crippen LogP contribution in [0.5, 0.6) is 0 Å². The molecule has 0 saturated heterocycles. The van der Waals surface area contributed by atoms with E-state index in [0.717, 1.165) is 28.7 Å². The van der Waals surface area contributed by atoms with E-state index in [1.165, 1.54) is 16.3 Å². The molecule has 0 aromatic heterocycles. The van der Waals surface area contributed by atoms with E-state index in [1.54, 1.807) is 0 Å². The Labute approximate surface area is 153 Å². The first-order valence-electron chi connectivity index (χ1n) is 8.88. The molecule has 1 heteroatoms. The van der Waals surface area contributed by atoms with E-state index in [-0.39, 0.29) is 5.78 Å². The third-order valence-electron chi connectivity index (χ3n) is 4.86. The SMILES string of the molecule is Cc1ccccc1C(=O)c1ccccc1Cc1ccc2ccccc2c1. The van der Waals surface area contributed by atoms with Gasteiger partial charge in [0.15, 0.2) is 5.78 Å². The Balaban J connectivity index is 1.71. The van der Waals surface area contributed by atoms with Crippen LogP contribution < -0.4 is 0 Å². The molecule has 0 fully saturated rings. The van der Waals surface area contributed by atoms with Crippen molar-refractivity contribution in [2.45, 2.75) is 13.3 Å². The maximum atomic E-state index is 13.1. The van der Waals surface area contributed by atoms with Crippen molar-refractivity contribution in [3.05, 3.63) is 119 Å². The zero-order valence-corrected chi connectivity index (χ0v) is 14.8. The molecule has 0 aliphatic heterocycles. The molecule has 126 valence electrons. The lowest BCUT2D eigenvalue weighted by Crippen LogP contribution is -2.07. The minimum Gasteiger partial charge on any atom is -0.289 e. The average Bonchev–Trinajstić information content (AvgIpc) is 2.68. The Morgan fingerprint density at radius 1 is 0.692 bits per heavy atom. The Morgan fingerprint density at radius 3 is 2.15 bits per heavy atom. The first kappa shape index (κ1) is 16.3. The van der Waals surface area contributed by atoms with Gasteiger partial charge in [0.25, 0.3) is 0 Å². The van der Waals surface area contributed by atoms with Crippen molar-refractivity contribution < 1.29 is 4.79 Å². The highest BCUT2D eigenvalue weighted by molar-refractivity contribution is 6.10. The van der Waals surface area contributed by atoms with Gasteiger partial charge in [0, 0.05) is 11.1 Å².